The van der Waals surface area contributed by atoms with Crippen molar-refractivity contribution in [2.45, 2.75) is 31.7 Å². The summed E-state index contributed by atoms with van der Waals surface area (Å²) >= 11 is 0. The molecule has 21 heavy (non-hydrogen) atoms. The van der Waals surface area contributed by atoms with Crippen LogP contribution in [0.5, 0.6) is 0 Å². The second-order valence-electron chi connectivity index (χ2n) is 5.14. The van der Waals surface area contributed by atoms with Crippen molar-refractivity contribution in [1.82, 2.24) is 5.32 Å². The molecule has 0 saturated heterocycles. The normalized spacial score (nSPS) is 12.3. The van der Waals surface area contributed by atoms with Crippen LogP contribution < -0.4 is 5.32 Å². The van der Waals surface area contributed by atoms with Gasteiger partial charge in [-0.15, -0.1) is 0 Å². The largest absolute Gasteiger partial charge is 0.480 e. The van der Waals surface area contributed by atoms with E-state index in [-0.39, 0.29) is 0 Å². The maximum Gasteiger partial charge on any atom is 0.326 e. The third-order valence-electron chi connectivity index (χ3n) is 3.27. The Hall–Kier alpha value is -2.37. The highest BCUT2D eigenvalue weighted by atomic mass is 16.5. The maximum absolute atomic E-state index is 12.3. The fourth-order valence-electron chi connectivity index (χ4n) is 1.77. The lowest BCUT2D eigenvalue weighted by atomic mass is 9.83. The van der Waals surface area contributed by atoms with Crippen molar-refractivity contribution in [3.05, 3.63) is 35.9 Å². The minimum Gasteiger partial charge on any atom is -0.480 e. The third-order valence-corrected chi connectivity index (χ3v) is 3.27. The van der Waals surface area contributed by atoms with Crippen molar-refractivity contribution < 1.29 is 24.2 Å². The highest BCUT2D eigenvalue weighted by Crippen LogP contribution is 2.23. The number of methoxy groups -OCH3 is 1. The molecule has 1 atom stereocenters. The second-order valence-corrected chi connectivity index (χ2v) is 5.14. The number of hydrogen-bond donors (Lipinski definition) is 2. The molecule has 0 aliphatic rings. The first-order chi connectivity index (χ1) is 9.78. The van der Waals surface area contributed by atoms with Crippen LogP contribution in [0.2, 0.25) is 0 Å². The quantitative estimate of drug-likeness (QED) is 0.766. The van der Waals surface area contributed by atoms with E-state index < -0.39 is 35.7 Å². The number of carboxylic acid groups (broad SMARTS) is 1. The van der Waals surface area contributed by atoms with Crippen LogP contribution in [-0.4, -0.2) is 36.1 Å². The summed E-state index contributed by atoms with van der Waals surface area (Å²) in [5, 5.41) is 11.5. The zero-order valence-corrected chi connectivity index (χ0v) is 12.3. The average Bonchev–Trinajstić information content (AvgIpc) is 2.46. The van der Waals surface area contributed by atoms with Crippen molar-refractivity contribution in [2.24, 2.45) is 0 Å². The summed E-state index contributed by atoms with van der Waals surface area (Å²) in [4.78, 5) is 34.6. The summed E-state index contributed by atoms with van der Waals surface area (Å²) in [6, 6.07) is 7.69. The van der Waals surface area contributed by atoms with Gasteiger partial charge in [0.05, 0.1) is 18.9 Å². The van der Waals surface area contributed by atoms with Gasteiger partial charge in [-0.3, -0.25) is 9.59 Å². The molecule has 1 amide bonds. The highest BCUT2D eigenvalue weighted by molar-refractivity contribution is 5.92. The maximum atomic E-state index is 12.3. The molecule has 0 aliphatic heterocycles. The van der Waals surface area contributed by atoms with E-state index in [0.717, 1.165) is 12.7 Å². The van der Waals surface area contributed by atoms with Gasteiger partial charge in [0.25, 0.3) is 0 Å². The van der Waals surface area contributed by atoms with Gasteiger partial charge in [0.15, 0.2) is 0 Å². The summed E-state index contributed by atoms with van der Waals surface area (Å²) in [7, 11) is 1.16. The number of aliphatic carboxylic acids is 1. The zero-order valence-electron chi connectivity index (χ0n) is 12.3. The Bertz CT molecular complexity index is 524. The SMILES string of the molecule is COC(=O)C[C@H](NC(=O)C(C)(C)c1ccccc1)C(=O)O. The van der Waals surface area contributed by atoms with Gasteiger partial charge in [-0.1, -0.05) is 30.3 Å². The molecule has 0 aliphatic carbocycles. The molecule has 6 heteroatoms. The Labute approximate surface area is 123 Å². The number of rotatable bonds is 6. The molecule has 1 aromatic carbocycles. The molecule has 114 valence electrons. The lowest BCUT2D eigenvalue weighted by Crippen LogP contribution is -2.49. The topological polar surface area (TPSA) is 92.7 Å². The van der Waals surface area contributed by atoms with Gasteiger partial charge in [0.1, 0.15) is 6.04 Å². The molecule has 0 unspecified atom stereocenters. The smallest absolute Gasteiger partial charge is 0.326 e. The molecule has 1 rings (SSSR count). The van der Waals surface area contributed by atoms with Crippen LogP contribution in [-0.2, 0) is 24.5 Å². The van der Waals surface area contributed by atoms with E-state index in [0.29, 0.717) is 0 Å². The number of amides is 1. The fraction of sp³-hybridized carbons (Fsp3) is 0.400. The van der Waals surface area contributed by atoms with Crippen molar-refractivity contribution in [3.8, 4) is 0 Å². The molecule has 0 saturated carbocycles. The number of carboxylic acids is 1. The number of ether oxygens (including phenoxy) is 1. The van der Waals surface area contributed by atoms with E-state index >= 15 is 0 Å². The summed E-state index contributed by atoms with van der Waals surface area (Å²) in [6.07, 6.45) is -0.414. The van der Waals surface area contributed by atoms with Crippen LogP contribution in [0.25, 0.3) is 0 Å². The van der Waals surface area contributed by atoms with Crippen LogP contribution in [0.3, 0.4) is 0 Å². The van der Waals surface area contributed by atoms with Gasteiger partial charge in [0.2, 0.25) is 5.91 Å². The zero-order chi connectivity index (χ0) is 16.0. The van der Waals surface area contributed by atoms with Crippen LogP contribution in [0.15, 0.2) is 30.3 Å². The molecule has 6 nitrogen and oxygen atoms in total. The summed E-state index contributed by atoms with van der Waals surface area (Å²) in [5.74, 6) is -2.44. The summed E-state index contributed by atoms with van der Waals surface area (Å²) in [6.45, 7) is 3.38. The van der Waals surface area contributed by atoms with Crippen molar-refractivity contribution >= 4 is 17.8 Å². The van der Waals surface area contributed by atoms with Gasteiger partial charge in [-0.2, -0.15) is 0 Å². The molecule has 1 aromatic rings. The van der Waals surface area contributed by atoms with Crippen LogP contribution in [0.1, 0.15) is 25.8 Å². The van der Waals surface area contributed by atoms with E-state index in [4.69, 9.17) is 5.11 Å². The van der Waals surface area contributed by atoms with E-state index in [1.165, 1.54) is 0 Å². The lowest BCUT2D eigenvalue weighted by molar-refractivity contribution is -0.149. The summed E-state index contributed by atoms with van der Waals surface area (Å²) < 4.78 is 4.43. The minimum atomic E-state index is -1.31. The fourth-order valence-corrected chi connectivity index (χ4v) is 1.77. The molecule has 2 N–H and O–H groups in total. The minimum absolute atomic E-state index is 0.414. The Morgan fingerprint density at radius 3 is 2.29 bits per heavy atom. The van der Waals surface area contributed by atoms with Crippen LogP contribution in [0.4, 0.5) is 0 Å². The predicted octanol–water partition coefficient (Wildman–Crippen LogP) is 1.10. The van der Waals surface area contributed by atoms with Gasteiger partial charge in [-0.25, -0.2) is 4.79 Å². The molecule has 0 fully saturated rings. The first kappa shape index (κ1) is 16.7. The molecular weight excluding hydrogens is 274 g/mol. The van der Waals surface area contributed by atoms with Crippen molar-refractivity contribution in [2.75, 3.05) is 7.11 Å². The van der Waals surface area contributed by atoms with E-state index in [1.54, 1.807) is 38.1 Å². The molecule has 0 radical (unpaired) electrons. The van der Waals surface area contributed by atoms with E-state index in [9.17, 15) is 14.4 Å². The number of benzene rings is 1. The third kappa shape index (κ3) is 4.30. The second kappa shape index (κ2) is 6.88. The van der Waals surface area contributed by atoms with Gasteiger partial charge in [0, 0.05) is 0 Å². The Morgan fingerprint density at radius 1 is 1.24 bits per heavy atom. The first-order valence-corrected chi connectivity index (χ1v) is 6.45. The number of hydrogen-bond acceptors (Lipinski definition) is 4. The number of carbonyl (C=O) groups is 3. The van der Waals surface area contributed by atoms with Crippen LogP contribution >= 0.6 is 0 Å². The average molecular weight is 293 g/mol. The van der Waals surface area contributed by atoms with Crippen molar-refractivity contribution in [1.29, 1.82) is 0 Å². The molecule has 0 heterocycles. The lowest BCUT2D eigenvalue weighted by Gasteiger charge is -2.26. The van der Waals surface area contributed by atoms with Gasteiger partial charge in [-0.05, 0) is 19.4 Å². The van der Waals surface area contributed by atoms with Crippen LogP contribution in [0, 0.1) is 0 Å². The van der Waals surface area contributed by atoms with E-state index in [1.807, 2.05) is 6.07 Å². The monoisotopic (exact) mass is 293 g/mol. The number of carbonyl (C=O) groups excluding carboxylic acids is 2. The number of esters is 1. The summed E-state index contributed by atoms with van der Waals surface area (Å²) in [5.41, 5.74) is -0.157. The standard InChI is InChI=1S/C15H19NO5/c1-15(2,10-7-5-4-6-8-10)14(20)16-11(13(18)19)9-12(17)21-3/h4-8,11H,9H2,1-3H3,(H,16,20)(H,18,19)/t11-/m0/s1. The molecule has 0 aromatic heterocycles. The number of nitrogens with one attached hydrogen (secondary N) is 1. The van der Waals surface area contributed by atoms with Gasteiger partial charge >= 0.3 is 11.9 Å². The predicted molar refractivity (Wildman–Crippen MR) is 75.7 cm³/mol. The highest BCUT2D eigenvalue weighted by Gasteiger charge is 2.33. The van der Waals surface area contributed by atoms with Gasteiger partial charge < -0.3 is 15.2 Å². The molecule has 0 spiro atoms. The Balaban J connectivity index is 2.86. The molecule has 0 bridgehead atoms. The molecular formula is C15H19NO5. The Morgan fingerprint density at radius 2 is 1.81 bits per heavy atom. The first-order valence-electron chi connectivity index (χ1n) is 6.45. The van der Waals surface area contributed by atoms with Crippen molar-refractivity contribution in [3.63, 3.8) is 0 Å². The Kier molecular flexibility index (Phi) is 5.46. The van der Waals surface area contributed by atoms with E-state index in [2.05, 4.69) is 10.1 Å².